The summed E-state index contributed by atoms with van der Waals surface area (Å²) in [6, 6.07) is 11.1. The highest BCUT2D eigenvalue weighted by Gasteiger charge is 2.22. The molecule has 0 saturated heterocycles. The SMILES string of the molecule is CC[C@H](Oc1ccc(C)c(C)c1)C(=O)N[C@@H](C)c1cc(OC)ccc1OC. The number of hydrogen-bond acceptors (Lipinski definition) is 4. The van der Waals surface area contributed by atoms with Gasteiger partial charge >= 0.3 is 0 Å². The first-order chi connectivity index (χ1) is 12.9. The normalized spacial score (nSPS) is 12.8. The number of carbonyl (C=O) groups is 1. The van der Waals surface area contributed by atoms with E-state index in [0.29, 0.717) is 23.7 Å². The van der Waals surface area contributed by atoms with Gasteiger partial charge in [0.05, 0.1) is 20.3 Å². The van der Waals surface area contributed by atoms with E-state index in [9.17, 15) is 4.79 Å². The minimum Gasteiger partial charge on any atom is -0.497 e. The number of rotatable bonds is 8. The summed E-state index contributed by atoms with van der Waals surface area (Å²) in [4.78, 5) is 12.8. The topological polar surface area (TPSA) is 56.8 Å². The smallest absolute Gasteiger partial charge is 0.261 e. The maximum atomic E-state index is 12.8. The van der Waals surface area contributed by atoms with E-state index in [1.807, 2.05) is 64.1 Å². The zero-order valence-corrected chi connectivity index (χ0v) is 17.0. The van der Waals surface area contributed by atoms with E-state index in [2.05, 4.69) is 5.32 Å². The van der Waals surface area contributed by atoms with Gasteiger partial charge in [-0.25, -0.2) is 0 Å². The summed E-state index contributed by atoms with van der Waals surface area (Å²) in [7, 11) is 3.22. The van der Waals surface area contributed by atoms with Gasteiger partial charge < -0.3 is 19.5 Å². The number of benzene rings is 2. The quantitative estimate of drug-likeness (QED) is 0.749. The van der Waals surface area contributed by atoms with E-state index < -0.39 is 6.10 Å². The van der Waals surface area contributed by atoms with Crippen molar-refractivity contribution < 1.29 is 19.0 Å². The molecule has 0 bridgehead atoms. The standard InChI is InChI=1S/C22H29NO4/c1-7-20(27-18-9-8-14(2)15(3)12-18)22(24)23-16(4)19-13-17(25-5)10-11-21(19)26-6/h8-13,16,20H,7H2,1-6H3,(H,23,24)/t16-,20-/m0/s1. The Morgan fingerprint density at radius 3 is 2.30 bits per heavy atom. The molecule has 0 saturated carbocycles. The summed E-state index contributed by atoms with van der Waals surface area (Å²) in [5, 5.41) is 3.02. The van der Waals surface area contributed by atoms with Crippen molar-refractivity contribution in [1.82, 2.24) is 5.32 Å². The van der Waals surface area contributed by atoms with Crippen LogP contribution < -0.4 is 19.5 Å². The second kappa shape index (κ2) is 9.31. The average Bonchev–Trinajstić information content (AvgIpc) is 2.67. The van der Waals surface area contributed by atoms with Crippen molar-refractivity contribution in [2.75, 3.05) is 14.2 Å². The molecule has 1 N–H and O–H groups in total. The molecule has 0 aromatic heterocycles. The lowest BCUT2D eigenvalue weighted by Crippen LogP contribution is -2.39. The van der Waals surface area contributed by atoms with Crippen molar-refractivity contribution in [1.29, 1.82) is 0 Å². The van der Waals surface area contributed by atoms with E-state index in [1.54, 1.807) is 14.2 Å². The lowest BCUT2D eigenvalue weighted by atomic mass is 10.1. The monoisotopic (exact) mass is 371 g/mol. The number of hydrogen-bond donors (Lipinski definition) is 1. The van der Waals surface area contributed by atoms with Crippen LogP contribution in [-0.4, -0.2) is 26.2 Å². The molecule has 0 aliphatic carbocycles. The third-order valence-corrected chi connectivity index (χ3v) is 4.68. The minimum atomic E-state index is -0.564. The Hall–Kier alpha value is -2.69. The number of methoxy groups -OCH3 is 2. The third-order valence-electron chi connectivity index (χ3n) is 4.68. The molecule has 27 heavy (non-hydrogen) atoms. The van der Waals surface area contributed by atoms with Crippen molar-refractivity contribution in [3.05, 3.63) is 53.1 Å². The highest BCUT2D eigenvalue weighted by molar-refractivity contribution is 5.81. The van der Waals surface area contributed by atoms with Gasteiger partial charge in [0, 0.05) is 5.56 Å². The molecule has 0 aliphatic rings. The van der Waals surface area contributed by atoms with Gasteiger partial charge in [-0.05, 0) is 68.7 Å². The van der Waals surface area contributed by atoms with Crippen LogP contribution in [-0.2, 0) is 4.79 Å². The summed E-state index contributed by atoms with van der Waals surface area (Å²) >= 11 is 0. The number of nitrogens with one attached hydrogen (secondary N) is 1. The molecule has 5 heteroatoms. The third kappa shape index (κ3) is 5.16. The summed E-state index contributed by atoms with van der Waals surface area (Å²) < 4.78 is 16.6. The molecule has 2 atom stereocenters. The van der Waals surface area contributed by atoms with E-state index in [1.165, 1.54) is 5.56 Å². The highest BCUT2D eigenvalue weighted by Crippen LogP contribution is 2.29. The van der Waals surface area contributed by atoms with E-state index in [4.69, 9.17) is 14.2 Å². The fraction of sp³-hybridized carbons (Fsp3) is 0.409. The molecule has 2 aromatic carbocycles. The van der Waals surface area contributed by atoms with Gasteiger partial charge in [0.1, 0.15) is 17.2 Å². The van der Waals surface area contributed by atoms with E-state index in [-0.39, 0.29) is 11.9 Å². The first kappa shape index (κ1) is 20.6. The van der Waals surface area contributed by atoms with Gasteiger partial charge in [-0.2, -0.15) is 0 Å². The van der Waals surface area contributed by atoms with Crippen LogP contribution in [0.15, 0.2) is 36.4 Å². The zero-order valence-electron chi connectivity index (χ0n) is 17.0. The molecule has 0 spiro atoms. The minimum absolute atomic E-state index is 0.159. The molecule has 5 nitrogen and oxygen atoms in total. The Morgan fingerprint density at radius 1 is 1.00 bits per heavy atom. The Bertz CT molecular complexity index is 788. The Kier molecular flexibility index (Phi) is 7.11. The molecule has 0 aliphatic heterocycles. The van der Waals surface area contributed by atoms with Crippen LogP contribution in [0.5, 0.6) is 17.2 Å². The van der Waals surface area contributed by atoms with E-state index in [0.717, 1.165) is 11.1 Å². The van der Waals surface area contributed by atoms with Gasteiger partial charge in [0.25, 0.3) is 5.91 Å². The van der Waals surface area contributed by atoms with Crippen LogP contribution in [0.3, 0.4) is 0 Å². The first-order valence-electron chi connectivity index (χ1n) is 9.15. The van der Waals surface area contributed by atoms with Crippen LogP contribution in [0.25, 0.3) is 0 Å². The number of carbonyl (C=O) groups excluding carboxylic acids is 1. The molecule has 0 unspecified atom stereocenters. The lowest BCUT2D eigenvalue weighted by Gasteiger charge is -2.22. The van der Waals surface area contributed by atoms with Crippen LogP contribution in [0.4, 0.5) is 0 Å². The fourth-order valence-corrected chi connectivity index (χ4v) is 2.84. The maximum absolute atomic E-state index is 12.8. The number of aryl methyl sites for hydroxylation is 2. The van der Waals surface area contributed by atoms with Crippen molar-refractivity contribution >= 4 is 5.91 Å². The van der Waals surface area contributed by atoms with E-state index >= 15 is 0 Å². The molecular formula is C22H29NO4. The van der Waals surface area contributed by atoms with Crippen molar-refractivity contribution in [3.8, 4) is 17.2 Å². The zero-order chi connectivity index (χ0) is 20.0. The molecular weight excluding hydrogens is 342 g/mol. The number of ether oxygens (including phenoxy) is 3. The largest absolute Gasteiger partial charge is 0.497 e. The van der Waals surface area contributed by atoms with Crippen LogP contribution in [0.1, 0.15) is 43.0 Å². The molecule has 0 fully saturated rings. The average molecular weight is 371 g/mol. The van der Waals surface area contributed by atoms with Crippen LogP contribution in [0, 0.1) is 13.8 Å². The van der Waals surface area contributed by atoms with Gasteiger partial charge in [0.15, 0.2) is 6.10 Å². The Labute approximate surface area is 161 Å². The second-order valence-corrected chi connectivity index (χ2v) is 6.60. The molecule has 146 valence electrons. The molecule has 2 aromatic rings. The lowest BCUT2D eigenvalue weighted by molar-refractivity contribution is -0.128. The Morgan fingerprint density at radius 2 is 1.70 bits per heavy atom. The molecule has 2 rings (SSSR count). The number of amides is 1. The molecule has 0 heterocycles. The van der Waals surface area contributed by atoms with Crippen molar-refractivity contribution in [2.24, 2.45) is 0 Å². The predicted octanol–water partition coefficient (Wildman–Crippen LogP) is 4.36. The van der Waals surface area contributed by atoms with Gasteiger partial charge in [-0.15, -0.1) is 0 Å². The van der Waals surface area contributed by atoms with Crippen molar-refractivity contribution in [3.63, 3.8) is 0 Å². The summed E-state index contributed by atoms with van der Waals surface area (Å²) in [6.45, 7) is 7.92. The molecule has 0 radical (unpaired) electrons. The fourth-order valence-electron chi connectivity index (χ4n) is 2.84. The predicted molar refractivity (Wildman–Crippen MR) is 107 cm³/mol. The first-order valence-corrected chi connectivity index (χ1v) is 9.15. The van der Waals surface area contributed by atoms with Gasteiger partial charge in [-0.1, -0.05) is 13.0 Å². The summed E-state index contributed by atoms with van der Waals surface area (Å²) in [6.07, 6.45) is 0.00642. The van der Waals surface area contributed by atoms with Crippen LogP contribution in [0.2, 0.25) is 0 Å². The molecule has 1 amide bonds. The Balaban J connectivity index is 2.12. The van der Waals surface area contributed by atoms with Crippen molar-refractivity contribution in [2.45, 2.75) is 46.3 Å². The highest BCUT2D eigenvalue weighted by atomic mass is 16.5. The summed E-state index contributed by atoms with van der Waals surface area (Å²) in [5.74, 6) is 1.96. The van der Waals surface area contributed by atoms with Gasteiger partial charge in [-0.3, -0.25) is 4.79 Å². The van der Waals surface area contributed by atoms with Gasteiger partial charge in [0.2, 0.25) is 0 Å². The maximum Gasteiger partial charge on any atom is 0.261 e. The van der Waals surface area contributed by atoms with Crippen LogP contribution >= 0.6 is 0 Å². The second-order valence-electron chi connectivity index (χ2n) is 6.60. The summed E-state index contributed by atoms with van der Waals surface area (Å²) in [5.41, 5.74) is 3.18.